The highest BCUT2D eigenvalue weighted by molar-refractivity contribution is 7.15. The number of ether oxygens (including phenoxy) is 1. The molecule has 3 aromatic rings. The number of aromatic hydroxyl groups is 1. The van der Waals surface area contributed by atoms with Crippen molar-refractivity contribution in [2.75, 3.05) is 7.11 Å². The van der Waals surface area contributed by atoms with E-state index in [1.165, 1.54) is 24.7 Å². The molecule has 23 heavy (non-hydrogen) atoms. The fourth-order valence-corrected chi connectivity index (χ4v) is 2.95. The molecule has 0 saturated heterocycles. The number of hydrazone groups is 1. The van der Waals surface area contributed by atoms with Crippen molar-refractivity contribution >= 4 is 28.4 Å². The number of aryl methyl sites for hydroxylation is 1. The summed E-state index contributed by atoms with van der Waals surface area (Å²) < 4.78 is 6.73. The van der Waals surface area contributed by atoms with Crippen molar-refractivity contribution in [3.05, 3.63) is 46.7 Å². The van der Waals surface area contributed by atoms with Gasteiger partial charge in [-0.05, 0) is 19.1 Å². The van der Waals surface area contributed by atoms with Crippen molar-refractivity contribution in [3.8, 4) is 11.5 Å². The van der Waals surface area contributed by atoms with E-state index in [4.69, 9.17) is 4.74 Å². The molecule has 8 heteroatoms. The Labute approximate surface area is 135 Å². The van der Waals surface area contributed by atoms with Crippen molar-refractivity contribution < 1.29 is 14.6 Å². The molecular formula is C15H14N4O3S. The molecule has 2 heterocycles. The number of hydrogen-bond donors (Lipinski definition) is 2. The molecule has 0 aliphatic heterocycles. The van der Waals surface area contributed by atoms with Gasteiger partial charge in [-0.2, -0.15) is 5.10 Å². The number of hydrogen-bond acceptors (Lipinski definition) is 6. The van der Waals surface area contributed by atoms with Crippen LogP contribution in [0.5, 0.6) is 11.5 Å². The van der Waals surface area contributed by atoms with Crippen molar-refractivity contribution in [1.82, 2.24) is 14.8 Å². The van der Waals surface area contributed by atoms with Crippen LogP contribution in [0.25, 0.3) is 4.96 Å². The van der Waals surface area contributed by atoms with Gasteiger partial charge in [0.2, 0.25) is 0 Å². The zero-order chi connectivity index (χ0) is 16.4. The quantitative estimate of drug-likeness (QED) is 0.567. The number of nitrogens with zero attached hydrogens (tertiary/aromatic N) is 3. The minimum absolute atomic E-state index is 0.0336. The number of methoxy groups -OCH3 is 1. The first-order chi connectivity index (χ1) is 11.1. The Morgan fingerprint density at radius 3 is 3.13 bits per heavy atom. The summed E-state index contributed by atoms with van der Waals surface area (Å²) in [7, 11) is 1.46. The van der Waals surface area contributed by atoms with Gasteiger partial charge in [0.25, 0.3) is 5.91 Å². The first-order valence-corrected chi connectivity index (χ1v) is 7.61. The van der Waals surface area contributed by atoms with Crippen LogP contribution in [0, 0.1) is 6.92 Å². The molecular weight excluding hydrogens is 316 g/mol. The van der Waals surface area contributed by atoms with E-state index in [9.17, 15) is 9.90 Å². The molecule has 0 fully saturated rings. The third-order valence-electron chi connectivity index (χ3n) is 3.27. The molecule has 0 saturated carbocycles. The van der Waals surface area contributed by atoms with Gasteiger partial charge in [0.15, 0.2) is 16.5 Å². The molecule has 1 amide bonds. The van der Waals surface area contributed by atoms with Crippen LogP contribution in [0.15, 0.2) is 34.9 Å². The van der Waals surface area contributed by atoms with Crippen molar-refractivity contribution in [2.45, 2.75) is 6.92 Å². The standard InChI is InChI=1S/C15H14N4O3S/c1-9-12(19-6-7-23-15(19)17-9)14(21)18-16-8-10-4-3-5-11(22-2)13(10)20/h3-8,20H,1-2H3,(H,18,21). The molecule has 118 valence electrons. The summed E-state index contributed by atoms with van der Waals surface area (Å²) in [5.74, 6) is -0.0623. The number of phenolic OH excluding ortho intramolecular Hbond substituents is 1. The lowest BCUT2D eigenvalue weighted by molar-refractivity contribution is 0.0948. The highest BCUT2D eigenvalue weighted by Gasteiger charge is 2.16. The number of thiazole rings is 1. The second kappa shape index (κ2) is 6.09. The van der Waals surface area contributed by atoms with E-state index >= 15 is 0 Å². The number of carbonyl (C=O) groups is 1. The molecule has 0 radical (unpaired) electrons. The topological polar surface area (TPSA) is 88.2 Å². The molecule has 0 atom stereocenters. The van der Waals surface area contributed by atoms with E-state index in [1.807, 2.05) is 5.38 Å². The van der Waals surface area contributed by atoms with E-state index in [0.717, 1.165) is 4.96 Å². The zero-order valence-corrected chi connectivity index (χ0v) is 13.3. The largest absolute Gasteiger partial charge is 0.504 e. The maximum absolute atomic E-state index is 12.3. The van der Waals surface area contributed by atoms with Crippen LogP contribution in [0.2, 0.25) is 0 Å². The van der Waals surface area contributed by atoms with Gasteiger partial charge >= 0.3 is 0 Å². The molecule has 0 aliphatic carbocycles. The van der Waals surface area contributed by atoms with Gasteiger partial charge in [-0.1, -0.05) is 6.07 Å². The molecule has 7 nitrogen and oxygen atoms in total. The lowest BCUT2D eigenvalue weighted by Gasteiger charge is -2.05. The summed E-state index contributed by atoms with van der Waals surface area (Å²) in [6.07, 6.45) is 3.14. The fraction of sp³-hybridized carbons (Fsp3) is 0.133. The van der Waals surface area contributed by atoms with Crippen LogP contribution in [0.1, 0.15) is 21.7 Å². The van der Waals surface area contributed by atoms with Gasteiger partial charge < -0.3 is 9.84 Å². The van der Waals surface area contributed by atoms with E-state index in [1.54, 1.807) is 35.7 Å². The zero-order valence-electron chi connectivity index (χ0n) is 12.5. The third kappa shape index (κ3) is 2.76. The first-order valence-electron chi connectivity index (χ1n) is 6.73. The Morgan fingerprint density at radius 1 is 1.52 bits per heavy atom. The van der Waals surface area contributed by atoms with E-state index in [0.29, 0.717) is 22.7 Å². The maximum atomic E-state index is 12.3. The summed E-state index contributed by atoms with van der Waals surface area (Å²) in [6.45, 7) is 1.77. The number of benzene rings is 1. The van der Waals surface area contributed by atoms with Crippen LogP contribution in [-0.4, -0.2) is 33.7 Å². The predicted molar refractivity (Wildman–Crippen MR) is 87.5 cm³/mol. The number of carbonyl (C=O) groups excluding carboxylic acids is 1. The molecule has 0 spiro atoms. The first kappa shape index (κ1) is 15.0. The average molecular weight is 330 g/mol. The Hall–Kier alpha value is -2.87. The Morgan fingerprint density at radius 2 is 2.35 bits per heavy atom. The number of amides is 1. The van der Waals surface area contributed by atoms with E-state index < -0.39 is 0 Å². The molecule has 3 rings (SSSR count). The molecule has 0 aliphatic rings. The third-order valence-corrected chi connectivity index (χ3v) is 4.03. The highest BCUT2D eigenvalue weighted by Crippen LogP contribution is 2.27. The molecule has 2 N–H and O–H groups in total. The van der Waals surface area contributed by atoms with Crippen molar-refractivity contribution in [1.29, 1.82) is 0 Å². The fourth-order valence-electron chi connectivity index (χ4n) is 2.19. The molecule has 1 aromatic carbocycles. The van der Waals surface area contributed by atoms with E-state index in [2.05, 4.69) is 15.5 Å². The molecule has 0 bridgehead atoms. The second-order valence-corrected chi connectivity index (χ2v) is 5.57. The molecule has 2 aromatic heterocycles. The number of para-hydroxylation sites is 1. The van der Waals surface area contributed by atoms with Gasteiger partial charge in [-0.15, -0.1) is 11.3 Å². The number of phenols is 1. The Bertz CT molecular complexity index is 897. The van der Waals surface area contributed by atoms with Crippen LogP contribution >= 0.6 is 11.3 Å². The number of nitrogens with one attached hydrogen (secondary N) is 1. The monoisotopic (exact) mass is 330 g/mol. The lowest BCUT2D eigenvalue weighted by atomic mass is 10.2. The second-order valence-electron chi connectivity index (χ2n) is 4.70. The van der Waals surface area contributed by atoms with Crippen molar-refractivity contribution in [2.24, 2.45) is 5.10 Å². The summed E-state index contributed by atoms with van der Waals surface area (Å²) in [4.78, 5) is 17.3. The van der Waals surface area contributed by atoms with Gasteiger partial charge in [-0.25, -0.2) is 10.4 Å². The van der Waals surface area contributed by atoms with Gasteiger partial charge in [0, 0.05) is 17.1 Å². The van der Waals surface area contributed by atoms with Gasteiger partial charge in [-0.3, -0.25) is 9.20 Å². The minimum atomic E-state index is -0.368. The summed E-state index contributed by atoms with van der Waals surface area (Å²) in [6, 6.07) is 5.01. The lowest BCUT2D eigenvalue weighted by Crippen LogP contribution is -2.20. The number of rotatable bonds is 4. The van der Waals surface area contributed by atoms with Crippen LogP contribution in [-0.2, 0) is 0 Å². The summed E-state index contributed by atoms with van der Waals surface area (Å²) in [5, 5.41) is 15.7. The average Bonchev–Trinajstić information content (AvgIpc) is 3.08. The minimum Gasteiger partial charge on any atom is -0.504 e. The Balaban J connectivity index is 1.79. The van der Waals surface area contributed by atoms with Crippen LogP contribution in [0.3, 0.4) is 0 Å². The number of imidazole rings is 1. The maximum Gasteiger partial charge on any atom is 0.290 e. The van der Waals surface area contributed by atoms with Crippen LogP contribution < -0.4 is 10.2 Å². The number of fused-ring (bicyclic) bond motifs is 1. The molecule has 0 unspecified atom stereocenters. The van der Waals surface area contributed by atoms with E-state index in [-0.39, 0.29) is 11.7 Å². The Kier molecular flexibility index (Phi) is 3.98. The van der Waals surface area contributed by atoms with Crippen molar-refractivity contribution in [3.63, 3.8) is 0 Å². The SMILES string of the molecule is COc1cccc(C=NNC(=O)c2c(C)nc3sccn23)c1O. The van der Waals surface area contributed by atoms with Gasteiger partial charge in [0.05, 0.1) is 19.0 Å². The van der Waals surface area contributed by atoms with Gasteiger partial charge in [0.1, 0.15) is 5.69 Å². The summed E-state index contributed by atoms with van der Waals surface area (Å²) >= 11 is 1.45. The summed E-state index contributed by atoms with van der Waals surface area (Å²) in [5.41, 5.74) is 3.95. The number of aromatic nitrogens is 2. The van der Waals surface area contributed by atoms with Crippen LogP contribution in [0.4, 0.5) is 0 Å². The predicted octanol–water partition coefficient (Wildman–Crippen LogP) is 2.18. The smallest absolute Gasteiger partial charge is 0.290 e. The highest BCUT2D eigenvalue weighted by atomic mass is 32.1. The normalized spacial score (nSPS) is 11.2.